The number of nitrogens with zero attached hydrogens (tertiary/aromatic N) is 1. The lowest BCUT2D eigenvalue weighted by Gasteiger charge is -2.07. The number of benzene rings is 2. The van der Waals surface area contributed by atoms with Crippen LogP contribution in [0.1, 0.15) is 41.3 Å². The Balaban J connectivity index is 1.64. The molecule has 0 aromatic heterocycles. The second kappa shape index (κ2) is 9.05. The van der Waals surface area contributed by atoms with Crippen molar-refractivity contribution in [3.8, 4) is 11.8 Å². The van der Waals surface area contributed by atoms with Gasteiger partial charge >= 0.3 is 5.97 Å². The molecule has 0 aliphatic carbocycles. The highest BCUT2D eigenvalue weighted by molar-refractivity contribution is 6.05. The normalized spacial score (nSPS) is 15.0. The quantitative estimate of drug-likeness (QED) is 0.328. The molecule has 0 saturated carbocycles. The van der Waals surface area contributed by atoms with Gasteiger partial charge in [0.15, 0.2) is 12.4 Å². The second-order valence-electron chi connectivity index (χ2n) is 6.68. The lowest BCUT2D eigenvalue weighted by Crippen LogP contribution is -2.15. The van der Waals surface area contributed by atoms with E-state index in [4.69, 9.17) is 9.47 Å². The first-order chi connectivity index (χ1) is 14.4. The number of ether oxygens (including phenoxy) is 2. The average molecular weight is 404 g/mol. The van der Waals surface area contributed by atoms with Crippen LogP contribution in [0.5, 0.6) is 5.75 Å². The molecule has 1 aliphatic heterocycles. The molecule has 0 radical (unpaired) electrons. The third-order valence-electron chi connectivity index (χ3n) is 4.67. The summed E-state index contributed by atoms with van der Waals surface area (Å²) >= 11 is 0. The zero-order valence-corrected chi connectivity index (χ0v) is 16.6. The van der Waals surface area contributed by atoms with Crippen molar-refractivity contribution in [1.29, 1.82) is 5.26 Å². The minimum Gasteiger partial charge on any atom is -0.494 e. The smallest absolute Gasteiger partial charge is 0.349 e. The maximum absolute atomic E-state index is 12.4. The summed E-state index contributed by atoms with van der Waals surface area (Å²) < 4.78 is 10.4. The standard InChI is InChI=1S/C23H20N2O5/c1-3-29-18-7-4-15(5-8-18)10-17(12-24)23(28)30-13-21(26)16-6-9-20-19(11-16)14(2)22(27)25-20/h4-11,14H,3,13H2,1-2H3,(H,25,27)/b17-10+/t14-/m0/s1. The van der Waals surface area contributed by atoms with Crippen LogP contribution in [0.4, 0.5) is 5.69 Å². The third kappa shape index (κ3) is 4.55. The van der Waals surface area contributed by atoms with E-state index in [-0.39, 0.29) is 17.4 Å². The first kappa shape index (κ1) is 20.8. The van der Waals surface area contributed by atoms with Crippen LogP contribution in [-0.2, 0) is 14.3 Å². The van der Waals surface area contributed by atoms with E-state index >= 15 is 0 Å². The minimum atomic E-state index is -0.883. The number of nitriles is 1. The Morgan fingerprint density at radius 2 is 1.93 bits per heavy atom. The molecule has 1 amide bonds. The topological polar surface area (TPSA) is 105 Å². The lowest BCUT2D eigenvalue weighted by atomic mass is 9.99. The van der Waals surface area contributed by atoms with Crippen LogP contribution in [0.3, 0.4) is 0 Å². The Labute approximate surface area is 173 Å². The van der Waals surface area contributed by atoms with Gasteiger partial charge in [-0.05, 0) is 61.4 Å². The molecular formula is C23H20N2O5. The van der Waals surface area contributed by atoms with Crippen LogP contribution < -0.4 is 10.1 Å². The molecule has 152 valence electrons. The zero-order valence-electron chi connectivity index (χ0n) is 16.6. The predicted molar refractivity (Wildman–Crippen MR) is 110 cm³/mol. The van der Waals surface area contributed by atoms with Gasteiger partial charge in [-0.15, -0.1) is 0 Å². The molecule has 0 saturated heterocycles. The Hall–Kier alpha value is -3.92. The lowest BCUT2D eigenvalue weighted by molar-refractivity contribution is -0.137. The number of carbonyl (C=O) groups is 3. The summed E-state index contributed by atoms with van der Waals surface area (Å²) in [5, 5.41) is 12.0. The highest BCUT2D eigenvalue weighted by atomic mass is 16.5. The Kier molecular flexibility index (Phi) is 6.28. The number of fused-ring (bicyclic) bond motifs is 1. The van der Waals surface area contributed by atoms with Gasteiger partial charge in [0.1, 0.15) is 17.4 Å². The molecule has 1 atom stereocenters. The van der Waals surface area contributed by atoms with Crippen molar-refractivity contribution in [2.45, 2.75) is 19.8 Å². The number of anilines is 1. The van der Waals surface area contributed by atoms with Crippen LogP contribution in [-0.4, -0.2) is 30.9 Å². The van der Waals surface area contributed by atoms with E-state index in [9.17, 15) is 19.6 Å². The van der Waals surface area contributed by atoms with Gasteiger partial charge in [-0.1, -0.05) is 12.1 Å². The molecule has 1 N–H and O–H groups in total. The van der Waals surface area contributed by atoms with Crippen molar-refractivity contribution >= 4 is 29.4 Å². The summed E-state index contributed by atoms with van der Waals surface area (Å²) in [6.45, 7) is 3.66. The van der Waals surface area contributed by atoms with Crippen LogP contribution >= 0.6 is 0 Å². The fourth-order valence-corrected chi connectivity index (χ4v) is 3.01. The first-order valence-corrected chi connectivity index (χ1v) is 9.42. The van der Waals surface area contributed by atoms with Crippen molar-refractivity contribution in [3.63, 3.8) is 0 Å². The number of nitrogens with one attached hydrogen (secondary N) is 1. The molecule has 0 fully saturated rings. The van der Waals surface area contributed by atoms with Gasteiger partial charge in [0, 0.05) is 11.3 Å². The van der Waals surface area contributed by atoms with Gasteiger partial charge in [-0.3, -0.25) is 9.59 Å². The monoisotopic (exact) mass is 404 g/mol. The number of hydrogen-bond acceptors (Lipinski definition) is 6. The van der Waals surface area contributed by atoms with Gasteiger partial charge in [-0.2, -0.15) is 5.26 Å². The van der Waals surface area contributed by atoms with Gasteiger partial charge < -0.3 is 14.8 Å². The minimum absolute atomic E-state index is 0.126. The van der Waals surface area contributed by atoms with E-state index in [1.807, 2.05) is 6.92 Å². The van der Waals surface area contributed by atoms with E-state index in [2.05, 4.69) is 5.32 Å². The van der Waals surface area contributed by atoms with Crippen molar-refractivity contribution < 1.29 is 23.9 Å². The molecule has 0 bridgehead atoms. The van der Waals surface area contributed by atoms with Crippen molar-refractivity contribution in [2.75, 3.05) is 18.5 Å². The van der Waals surface area contributed by atoms with Gasteiger partial charge in [-0.25, -0.2) is 4.79 Å². The van der Waals surface area contributed by atoms with E-state index in [1.165, 1.54) is 6.08 Å². The predicted octanol–water partition coefficient (Wildman–Crippen LogP) is 3.47. The summed E-state index contributed by atoms with van der Waals surface area (Å²) in [5.74, 6) is -1.10. The maximum atomic E-state index is 12.4. The third-order valence-corrected chi connectivity index (χ3v) is 4.67. The highest BCUT2D eigenvalue weighted by Crippen LogP contribution is 2.32. The molecule has 7 nitrogen and oxygen atoms in total. The van der Waals surface area contributed by atoms with Crippen LogP contribution in [0.15, 0.2) is 48.0 Å². The zero-order chi connectivity index (χ0) is 21.7. The number of ketones is 1. The molecule has 0 unspecified atom stereocenters. The van der Waals surface area contributed by atoms with Crippen molar-refractivity contribution in [1.82, 2.24) is 0 Å². The Bertz CT molecular complexity index is 1060. The van der Waals surface area contributed by atoms with Gasteiger partial charge in [0.25, 0.3) is 0 Å². The molecule has 2 aromatic rings. The Morgan fingerprint density at radius 3 is 2.60 bits per heavy atom. The number of carbonyl (C=O) groups excluding carboxylic acids is 3. The maximum Gasteiger partial charge on any atom is 0.349 e. The summed E-state index contributed by atoms with van der Waals surface area (Å²) in [7, 11) is 0. The van der Waals surface area contributed by atoms with Crippen LogP contribution in [0.25, 0.3) is 6.08 Å². The SMILES string of the molecule is CCOc1ccc(/C=C(\C#N)C(=O)OCC(=O)c2ccc3c(c2)[C@H](C)C(=O)N3)cc1. The summed E-state index contributed by atoms with van der Waals surface area (Å²) in [5.41, 5.74) is 2.14. The molecule has 1 heterocycles. The molecule has 0 spiro atoms. The Morgan fingerprint density at radius 1 is 1.20 bits per heavy atom. The number of rotatable bonds is 7. The fourth-order valence-electron chi connectivity index (χ4n) is 3.01. The van der Waals surface area contributed by atoms with E-state index < -0.39 is 18.4 Å². The summed E-state index contributed by atoms with van der Waals surface area (Å²) in [6.07, 6.45) is 1.39. The largest absolute Gasteiger partial charge is 0.494 e. The molecule has 3 rings (SSSR count). The molecule has 2 aromatic carbocycles. The number of amides is 1. The van der Waals surface area contributed by atoms with Crippen LogP contribution in [0, 0.1) is 11.3 Å². The average Bonchev–Trinajstić information content (AvgIpc) is 3.04. The fraction of sp³-hybridized carbons (Fsp3) is 0.217. The second-order valence-corrected chi connectivity index (χ2v) is 6.68. The van der Waals surface area contributed by atoms with E-state index in [1.54, 1.807) is 55.5 Å². The summed E-state index contributed by atoms with van der Waals surface area (Å²) in [6, 6.07) is 13.5. The molecule has 7 heteroatoms. The number of esters is 1. The molecule has 30 heavy (non-hydrogen) atoms. The first-order valence-electron chi connectivity index (χ1n) is 9.42. The van der Waals surface area contributed by atoms with Crippen LogP contribution in [0.2, 0.25) is 0 Å². The van der Waals surface area contributed by atoms with Crippen molar-refractivity contribution in [3.05, 3.63) is 64.7 Å². The summed E-state index contributed by atoms with van der Waals surface area (Å²) in [4.78, 5) is 36.4. The number of Topliss-reactive ketones (excluding diaryl/α,β-unsaturated/α-hetero) is 1. The molecule has 1 aliphatic rings. The van der Waals surface area contributed by atoms with E-state index in [0.717, 1.165) is 5.56 Å². The van der Waals surface area contributed by atoms with E-state index in [0.29, 0.717) is 29.2 Å². The van der Waals surface area contributed by atoms with Gasteiger partial charge in [0.05, 0.1) is 12.5 Å². The van der Waals surface area contributed by atoms with Crippen molar-refractivity contribution in [2.24, 2.45) is 0 Å². The highest BCUT2D eigenvalue weighted by Gasteiger charge is 2.27. The van der Waals surface area contributed by atoms with Gasteiger partial charge in [0.2, 0.25) is 5.91 Å². The molecular weight excluding hydrogens is 384 g/mol. The number of hydrogen-bond donors (Lipinski definition) is 1.